The minimum atomic E-state index is -5.19. The summed E-state index contributed by atoms with van der Waals surface area (Å²) in [5, 5.41) is 0.632. The van der Waals surface area contributed by atoms with Gasteiger partial charge in [-0.1, -0.05) is 4.40 Å². The van der Waals surface area contributed by atoms with Crippen LogP contribution in [0.5, 0.6) is 5.75 Å². The van der Waals surface area contributed by atoms with Crippen molar-refractivity contribution in [2.45, 2.75) is 11.3 Å². The largest absolute Gasteiger partial charge is 0.573 e. The highest BCUT2D eigenvalue weighted by molar-refractivity contribution is 7.90. The number of nitrogens with zero attached hydrogens (tertiary/aromatic N) is 1. The van der Waals surface area contributed by atoms with Gasteiger partial charge in [0.2, 0.25) is 0 Å². The third-order valence-corrected chi connectivity index (χ3v) is 4.03. The molecule has 7 nitrogen and oxygen atoms in total. The Kier molecular flexibility index (Phi) is 4.53. The molecule has 0 aliphatic rings. The predicted octanol–water partition coefficient (Wildman–Crippen LogP) is 1.46. The SMILES string of the molecule is COC(=O)c1scc(OC(F)(F)F)c1S(=O)(=O)N=C=O. The number of hydrogen-bond donors (Lipinski definition) is 0. The maximum Gasteiger partial charge on any atom is 0.573 e. The van der Waals surface area contributed by atoms with E-state index in [4.69, 9.17) is 0 Å². The summed E-state index contributed by atoms with van der Waals surface area (Å²) in [5.41, 5.74) is 0. The van der Waals surface area contributed by atoms with Gasteiger partial charge in [0.15, 0.2) is 10.6 Å². The topological polar surface area (TPSA) is 99.1 Å². The van der Waals surface area contributed by atoms with Gasteiger partial charge in [-0.25, -0.2) is 9.59 Å². The molecular weight excluding hydrogens is 327 g/mol. The summed E-state index contributed by atoms with van der Waals surface area (Å²) in [6, 6.07) is 0. The number of rotatable bonds is 4. The predicted molar refractivity (Wildman–Crippen MR) is 57.6 cm³/mol. The Balaban J connectivity index is 3.53. The maximum absolute atomic E-state index is 12.2. The fourth-order valence-corrected chi connectivity index (χ4v) is 3.27. The van der Waals surface area contributed by atoms with Gasteiger partial charge >= 0.3 is 12.3 Å². The van der Waals surface area contributed by atoms with Crippen molar-refractivity contribution >= 4 is 33.4 Å². The highest BCUT2D eigenvalue weighted by Crippen LogP contribution is 2.38. The molecule has 0 N–H and O–H groups in total. The summed E-state index contributed by atoms with van der Waals surface area (Å²) in [6.45, 7) is 0. The molecule has 0 bridgehead atoms. The first-order valence-corrected chi connectivity index (χ1v) is 6.74. The molecule has 20 heavy (non-hydrogen) atoms. The van der Waals surface area contributed by atoms with Crippen LogP contribution in [-0.4, -0.2) is 33.9 Å². The van der Waals surface area contributed by atoms with Crippen molar-refractivity contribution in [2.75, 3.05) is 7.11 Å². The lowest BCUT2D eigenvalue weighted by Crippen LogP contribution is -2.18. The minimum absolute atomic E-state index is 0.334. The Morgan fingerprint density at radius 2 is 2.05 bits per heavy atom. The zero-order chi connectivity index (χ0) is 15.6. The number of ether oxygens (including phenoxy) is 2. The fraction of sp³-hybridized carbons (Fsp3) is 0.250. The van der Waals surface area contributed by atoms with Crippen LogP contribution in [0.15, 0.2) is 14.7 Å². The summed E-state index contributed by atoms with van der Waals surface area (Å²) >= 11 is 0.334. The molecule has 1 rings (SSSR count). The molecule has 0 aromatic carbocycles. The average molecular weight is 331 g/mol. The van der Waals surface area contributed by atoms with Crippen LogP contribution >= 0.6 is 11.3 Å². The summed E-state index contributed by atoms with van der Waals surface area (Å²) in [6.07, 6.45) is -4.52. The highest BCUT2D eigenvalue weighted by atomic mass is 32.2. The third-order valence-electron chi connectivity index (χ3n) is 1.73. The molecular formula is C8H4F3NO6S2. The number of carbonyl (C=O) groups is 1. The zero-order valence-corrected chi connectivity index (χ0v) is 11.1. The average Bonchev–Trinajstić information content (AvgIpc) is 2.69. The molecule has 12 heteroatoms. The van der Waals surface area contributed by atoms with Gasteiger partial charge in [-0.3, -0.25) is 0 Å². The molecule has 0 amide bonds. The molecule has 1 aromatic rings. The standard InChI is InChI=1S/C8H4F3NO6S2/c1-17-7(14)5-6(20(15,16)12-3-13)4(2-19-5)18-8(9,10)11/h2H,1H3. The molecule has 110 valence electrons. The molecule has 1 heterocycles. The highest BCUT2D eigenvalue weighted by Gasteiger charge is 2.38. The zero-order valence-electron chi connectivity index (χ0n) is 9.42. The lowest BCUT2D eigenvalue weighted by Gasteiger charge is -2.08. The first-order valence-electron chi connectivity index (χ1n) is 4.42. The van der Waals surface area contributed by atoms with E-state index in [0.29, 0.717) is 22.8 Å². The van der Waals surface area contributed by atoms with Crippen molar-refractivity contribution in [2.24, 2.45) is 4.40 Å². The van der Waals surface area contributed by atoms with Crippen LogP contribution in [0.3, 0.4) is 0 Å². The van der Waals surface area contributed by atoms with Crippen molar-refractivity contribution < 1.29 is 40.7 Å². The number of alkyl halides is 3. The molecule has 0 unspecified atom stereocenters. The van der Waals surface area contributed by atoms with Gasteiger partial charge in [-0.2, -0.15) is 8.42 Å². The van der Waals surface area contributed by atoms with E-state index in [-0.39, 0.29) is 0 Å². The van der Waals surface area contributed by atoms with E-state index in [1.54, 1.807) is 0 Å². The fourth-order valence-electron chi connectivity index (χ4n) is 1.10. The van der Waals surface area contributed by atoms with Gasteiger partial charge in [0, 0.05) is 5.38 Å². The van der Waals surface area contributed by atoms with Crippen molar-refractivity contribution in [3.8, 4) is 5.75 Å². The second-order valence-electron chi connectivity index (χ2n) is 2.96. The van der Waals surface area contributed by atoms with E-state index in [9.17, 15) is 31.2 Å². The second kappa shape index (κ2) is 5.61. The van der Waals surface area contributed by atoms with E-state index in [0.717, 1.165) is 7.11 Å². The van der Waals surface area contributed by atoms with Crippen molar-refractivity contribution in [1.82, 2.24) is 0 Å². The summed E-state index contributed by atoms with van der Waals surface area (Å²) in [4.78, 5) is 19.4. The number of isocyanates is 1. The van der Waals surface area contributed by atoms with Crippen LogP contribution in [0.25, 0.3) is 0 Å². The summed E-state index contributed by atoms with van der Waals surface area (Å²) in [5.74, 6) is -2.39. The van der Waals surface area contributed by atoms with Crippen LogP contribution in [-0.2, 0) is 19.6 Å². The van der Waals surface area contributed by atoms with Crippen LogP contribution in [0.2, 0.25) is 0 Å². The number of methoxy groups -OCH3 is 1. The van der Waals surface area contributed by atoms with E-state index < -0.39 is 37.9 Å². The normalized spacial score (nSPS) is 11.6. The first kappa shape index (κ1) is 16.1. The molecule has 1 aromatic heterocycles. The van der Waals surface area contributed by atoms with E-state index in [2.05, 4.69) is 13.9 Å². The van der Waals surface area contributed by atoms with Gasteiger partial charge < -0.3 is 9.47 Å². The van der Waals surface area contributed by atoms with Crippen molar-refractivity contribution in [3.05, 3.63) is 10.3 Å². The smallest absolute Gasteiger partial charge is 0.465 e. The Morgan fingerprint density at radius 1 is 1.45 bits per heavy atom. The second-order valence-corrected chi connectivity index (χ2v) is 5.38. The van der Waals surface area contributed by atoms with Crippen LogP contribution in [0.4, 0.5) is 13.2 Å². The molecule has 0 aliphatic heterocycles. The van der Waals surface area contributed by atoms with Crippen LogP contribution < -0.4 is 4.74 Å². The van der Waals surface area contributed by atoms with Gasteiger partial charge in [0.25, 0.3) is 16.1 Å². The lowest BCUT2D eigenvalue weighted by atomic mass is 10.4. The number of esters is 1. The Labute approximate surface area is 113 Å². The van der Waals surface area contributed by atoms with Crippen molar-refractivity contribution in [1.29, 1.82) is 0 Å². The Bertz CT molecular complexity index is 671. The Morgan fingerprint density at radius 3 is 2.50 bits per heavy atom. The Hall–Kier alpha value is -1.91. The number of carbonyl (C=O) groups excluding carboxylic acids is 2. The monoisotopic (exact) mass is 331 g/mol. The summed E-state index contributed by atoms with van der Waals surface area (Å²) in [7, 11) is -3.98. The van der Waals surface area contributed by atoms with E-state index >= 15 is 0 Å². The van der Waals surface area contributed by atoms with Gasteiger partial charge in [-0.15, -0.1) is 24.5 Å². The van der Waals surface area contributed by atoms with Gasteiger partial charge in [0.1, 0.15) is 4.88 Å². The number of thiophene rings is 1. The lowest BCUT2D eigenvalue weighted by molar-refractivity contribution is -0.275. The number of hydrogen-bond acceptors (Lipinski definition) is 7. The minimum Gasteiger partial charge on any atom is -0.465 e. The first-order chi connectivity index (χ1) is 9.12. The summed E-state index contributed by atoms with van der Waals surface area (Å²) < 4.78 is 69.7. The van der Waals surface area contributed by atoms with Crippen LogP contribution in [0.1, 0.15) is 9.67 Å². The number of sulfonamides is 1. The van der Waals surface area contributed by atoms with Crippen LogP contribution in [0, 0.1) is 0 Å². The molecule has 0 saturated heterocycles. The third kappa shape index (κ3) is 3.56. The molecule has 0 spiro atoms. The molecule has 0 atom stereocenters. The van der Waals surface area contributed by atoms with E-state index in [1.807, 2.05) is 0 Å². The van der Waals surface area contributed by atoms with Gasteiger partial charge in [-0.05, 0) is 0 Å². The quantitative estimate of drug-likeness (QED) is 0.470. The molecule has 0 saturated carbocycles. The van der Waals surface area contributed by atoms with Gasteiger partial charge in [0.05, 0.1) is 7.11 Å². The maximum atomic E-state index is 12.2. The number of halogens is 3. The molecule has 0 aliphatic carbocycles. The molecule has 0 fully saturated rings. The molecule has 0 radical (unpaired) electrons. The van der Waals surface area contributed by atoms with Crippen molar-refractivity contribution in [3.63, 3.8) is 0 Å². The van der Waals surface area contributed by atoms with E-state index in [1.165, 1.54) is 0 Å².